The SMILES string of the molecule is O=C(CSCc1c(Cl)cccc1Cl)Nc1ccccc1C(=O)NCCc1ccccc1. The number of thioether (sulfide) groups is 1. The second-order valence-corrected chi connectivity index (χ2v) is 8.58. The molecule has 0 spiro atoms. The molecule has 4 nitrogen and oxygen atoms in total. The van der Waals surface area contributed by atoms with E-state index in [-0.39, 0.29) is 17.6 Å². The summed E-state index contributed by atoms with van der Waals surface area (Å²) in [5.41, 5.74) is 2.88. The Kier molecular flexibility index (Phi) is 8.83. The van der Waals surface area contributed by atoms with Gasteiger partial charge in [0.1, 0.15) is 0 Å². The van der Waals surface area contributed by atoms with Crippen LogP contribution in [0, 0.1) is 0 Å². The van der Waals surface area contributed by atoms with Crippen molar-refractivity contribution in [3.63, 3.8) is 0 Å². The quantitative estimate of drug-likeness (QED) is 0.411. The average Bonchev–Trinajstić information content (AvgIpc) is 2.77. The Morgan fingerprint density at radius 2 is 1.52 bits per heavy atom. The molecule has 2 amide bonds. The third-order valence-corrected chi connectivity index (χ3v) is 6.20. The highest BCUT2D eigenvalue weighted by molar-refractivity contribution is 7.99. The molecule has 0 saturated carbocycles. The number of anilines is 1. The summed E-state index contributed by atoms with van der Waals surface area (Å²) in [6.45, 7) is 0.513. The van der Waals surface area contributed by atoms with Gasteiger partial charge in [-0.25, -0.2) is 0 Å². The number of benzene rings is 3. The Morgan fingerprint density at radius 1 is 0.839 bits per heavy atom. The number of nitrogens with one attached hydrogen (secondary N) is 2. The first kappa shape index (κ1) is 23.2. The smallest absolute Gasteiger partial charge is 0.253 e. The summed E-state index contributed by atoms with van der Waals surface area (Å²) in [5, 5.41) is 6.90. The van der Waals surface area contributed by atoms with Crippen LogP contribution in [0.15, 0.2) is 72.8 Å². The van der Waals surface area contributed by atoms with Crippen molar-refractivity contribution in [1.82, 2.24) is 5.32 Å². The molecule has 0 atom stereocenters. The molecule has 2 N–H and O–H groups in total. The minimum atomic E-state index is -0.220. The van der Waals surface area contributed by atoms with Crippen LogP contribution >= 0.6 is 35.0 Å². The van der Waals surface area contributed by atoms with Gasteiger partial charge in [0.2, 0.25) is 5.91 Å². The van der Waals surface area contributed by atoms with Gasteiger partial charge in [0.15, 0.2) is 0 Å². The third-order valence-electron chi connectivity index (χ3n) is 4.53. The van der Waals surface area contributed by atoms with E-state index in [1.54, 1.807) is 42.5 Å². The van der Waals surface area contributed by atoms with Gasteiger partial charge >= 0.3 is 0 Å². The number of para-hydroxylation sites is 1. The monoisotopic (exact) mass is 472 g/mol. The van der Waals surface area contributed by atoms with Crippen molar-refractivity contribution in [2.75, 3.05) is 17.6 Å². The summed E-state index contributed by atoms with van der Waals surface area (Å²) in [5.74, 6) is 0.319. The first-order valence-corrected chi connectivity index (χ1v) is 11.7. The lowest BCUT2D eigenvalue weighted by molar-refractivity contribution is -0.113. The van der Waals surface area contributed by atoms with Crippen molar-refractivity contribution in [2.45, 2.75) is 12.2 Å². The van der Waals surface area contributed by atoms with Crippen molar-refractivity contribution in [1.29, 1.82) is 0 Å². The van der Waals surface area contributed by atoms with E-state index in [9.17, 15) is 9.59 Å². The number of carbonyl (C=O) groups excluding carboxylic acids is 2. The van der Waals surface area contributed by atoms with Crippen LogP contribution < -0.4 is 10.6 Å². The Hall–Kier alpha value is -2.47. The van der Waals surface area contributed by atoms with Gasteiger partial charge < -0.3 is 10.6 Å². The number of carbonyl (C=O) groups is 2. The largest absolute Gasteiger partial charge is 0.352 e. The zero-order chi connectivity index (χ0) is 22.1. The molecule has 0 heterocycles. The van der Waals surface area contributed by atoms with E-state index in [0.717, 1.165) is 17.5 Å². The van der Waals surface area contributed by atoms with Crippen molar-refractivity contribution < 1.29 is 9.59 Å². The fourth-order valence-corrected chi connectivity index (χ4v) is 4.52. The van der Waals surface area contributed by atoms with Crippen LogP contribution in [0.4, 0.5) is 5.69 Å². The highest BCUT2D eigenvalue weighted by atomic mass is 35.5. The van der Waals surface area contributed by atoms with Crippen LogP contribution in [0.1, 0.15) is 21.5 Å². The van der Waals surface area contributed by atoms with Crippen molar-refractivity contribution in [2.24, 2.45) is 0 Å². The van der Waals surface area contributed by atoms with E-state index >= 15 is 0 Å². The van der Waals surface area contributed by atoms with Gasteiger partial charge in [-0.2, -0.15) is 0 Å². The fourth-order valence-electron chi connectivity index (χ4n) is 2.95. The van der Waals surface area contributed by atoms with E-state index in [0.29, 0.717) is 33.6 Å². The van der Waals surface area contributed by atoms with Crippen molar-refractivity contribution in [3.8, 4) is 0 Å². The predicted octanol–water partition coefficient (Wildman–Crippen LogP) is 5.84. The van der Waals surface area contributed by atoms with Crippen LogP contribution in [0.2, 0.25) is 10.0 Å². The second-order valence-electron chi connectivity index (χ2n) is 6.78. The van der Waals surface area contributed by atoms with Crippen LogP contribution in [0.25, 0.3) is 0 Å². The van der Waals surface area contributed by atoms with Crippen LogP contribution in [0.5, 0.6) is 0 Å². The lowest BCUT2D eigenvalue weighted by atomic mass is 10.1. The van der Waals surface area contributed by atoms with Gasteiger partial charge in [0.05, 0.1) is 17.0 Å². The summed E-state index contributed by atoms with van der Waals surface area (Å²) in [4.78, 5) is 25.0. The second kappa shape index (κ2) is 11.8. The van der Waals surface area contributed by atoms with Gasteiger partial charge in [0.25, 0.3) is 5.91 Å². The first-order chi connectivity index (χ1) is 15.0. The summed E-state index contributed by atoms with van der Waals surface area (Å²) in [6, 6.07) is 22.3. The standard InChI is InChI=1S/C24H22Cl2N2O2S/c25-20-10-6-11-21(26)19(20)15-31-16-23(29)28-22-12-5-4-9-18(22)24(30)27-14-13-17-7-2-1-3-8-17/h1-12H,13-16H2,(H,27,30)(H,28,29). The van der Waals surface area contributed by atoms with Crippen LogP contribution in [0.3, 0.4) is 0 Å². The molecule has 0 bridgehead atoms. The fraction of sp³-hybridized carbons (Fsp3) is 0.167. The molecule has 0 saturated heterocycles. The zero-order valence-corrected chi connectivity index (χ0v) is 19.1. The molecule has 160 valence electrons. The minimum absolute atomic E-state index is 0.197. The third kappa shape index (κ3) is 7.03. The molecule has 3 aromatic rings. The molecule has 0 unspecified atom stereocenters. The van der Waals surface area contributed by atoms with Gasteiger partial charge in [0, 0.05) is 22.3 Å². The highest BCUT2D eigenvalue weighted by Gasteiger charge is 2.13. The van der Waals surface area contributed by atoms with E-state index in [4.69, 9.17) is 23.2 Å². The Morgan fingerprint density at radius 3 is 2.26 bits per heavy atom. The average molecular weight is 473 g/mol. The number of halogens is 2. The van der Waals surface area contributed by atoms with Gasteiger partial charge in [-0.3, -0.25) is 9.59 Å². The maximum atomic E-state index is 12.6. The van der Waals surface area contributed by atoms with Crippen molar-refractivity contribution >= 4 is 52.5 Å². The topological polar surface area (TPSA) is 58.2 Å². The van der Waals surface area contributed by atoms with E-state index < -0.39 is 0 Å². The van der Waals surface area contributed by atoms with Gasteiger partial charge in [-0.1, -0.05) is 71.7 Å². The molecule has 0 aromatic heterocycles. The summed E-state index contributed by atoms with van der Waals surface area (Å²) >= 11 is 13.7. The van der Waals surface area contributed by atoms with Gasteiger partial charge in [-0.15, -0.1) is 11.8 Å². The number of hydrogen-bond acceptors (Lipinski definition) is 3. The molecule has 0 aliphatic rings. The van der Waals surface area contributed by atoms with E-state index in [1.807, 2.05) is 30.3 Å². The maximum absolute atomic E-state index is 12.6. The Balaban J connectivity index is 1.52. The molecule has 31 heavy (non-hydrogen) atoms. The molecular weight excluding hydrogens is 451 g/mol. The van der Waals surface area contributed by atoms with Crippen molar-refractivity contribution in [3.05, 3.63) is 99.5 Å². The summed E-state index contributed by atoms with van der Waals surface area (Å²) < 4.78 is 0. The molecule has 0 fully saturated rings. The maximum Gasteiger partial charge on any atom is 0.253 e. The van der Waals surface area contributed by atoms with E-state index in [2.05, 4.69) is 10.6 Å². The molecule has 0 radical (unpaired) electrons. The lowest BCUT2D eigenvalue weighted by Gasteiger charge is -2.12. The molecule has 0 aliphatic carbocycles. The lowest BCUT2D eigenvalue weighted by Crippen LogP contribution is -2.27. The Labute approximate surface area is 196 Å². The summed E-state index contributed by atoms with van der Waals surface area (Å²) in [6.07, 6.45) is 0.738. The molecule has 7 heteroatoms. The molecule has 3 aromatic carbocycles. The van der Waals surface area contributed by atoms with Crippen LogP contribution in [-0.2, 0) is 17.0 Å². The normalized spacial score (nSPS) is 10.5. The number of amides is 2. The zero-order valence-electron chi connectivity index (χ0n) is 16.7. The molecule has 3 rings (SSSR count). The first-order valence-electron chi connectivity index (χ1n) is 9.76. The van der Waals surface area contributed by atoms with E-state index in [1.165, 1.54) is 11.8 Å². The summed E-state index contributed by atoms with van der Waals surface area (Å²) in [7, 11) is 0. The predicted molar refractivity (Wildman–Crippen MR) is 130 cm³/mol. The number of rotatable bonds is 9. The highest BCUT2D eigenvalue weighted by Crippen LogP contribution is 2.28. The molecular formula is C24H22Cl2N2O2S. The Bertz CT molecular complexity index is 1020. The number of hydrogen-bond donors (Lipinski definition) is 2. The van der Waals surface area contributed by atoms with Crippen LogP contribution in [-0.4, -0.2) is 24.1 Å². The minimum Gasteiger partial charge on any atom is -0.352 e. The molecule has 0 aliphatic heterocycles. The van der Waals surface area contributed by atoms with Gasteiger partial charge in [-0.05, 0) is 41.8 Å².